The smallest absolute Gasteiger partial charge is 0.153 e. The van der Waals surface area contributed by atoms with E-state index in [-0.39, 0.29) is 5.92 Å². The van der Waals surface area contributed by atoms with E-state index in [2.05, 4.69) is 43.8 Å². The minimum Gasteiger partial charge on any atom is -0.455 e. The van der Waals surface area contributed by atoms with Crippen LogP contribution in [0.5, 0.6) is 5.75 Å². The third-order valence-corrected chi connectivity index (χ3v) is 5.13. The Labute approximate surface area is 159 Å². The van der Waals surface area contributed by atoms with Gasteiger partial charge < -0.3 is 4.74 Å². The van der Waals surface area contributed by atoms with Crippen molar-refractivity contribution in [3.63, 3.8) is 0 Å². The number of ether oxygens (including phenoxy) is 1. The van der Waals surface area contributed by atoms with E-state index >= 15 is 0 Å². The summed E-state index contributed by atoms with van der Waals surface area (Å²) in [5.74, 6) is 1.42. The maximum Gasteiger partial charge on any atom is 0.153 e. The second-order valence-corrected chi connectivity index (χ2v) is 6.90. The summed E-state index contributed by atoms with van der Waals surface area (Å²) in [4.78, 5) is 0. The van der Waals surface area contributed by atoms with Crippen molar-refractivity contribution in [2.75, 3.05) is 0 Å². The second kappa shape index (κ2) is 6.86. The molecule has 0 aromatic heterocycles. The van der Waals surface area contributed by atoms with Gasteiger partial charge in [-0.2, -0.15) is 0 Å². The predicted octanol–water partition coefficient (Wildman–Crippen LogP) is 6.68. The zero-order valence-electron chi connectivity index (χ0n) is 14.6. The van der Waals surface area contributed by atoms with Gasteiger partial charge in [0, 0.05) is 17.0 Å². The number of hydrogen-bond acceptors (Lipinski definition) is 1. The van der Waals surface area contributed by atoms with Crippen LogP contribution in [0.2, 0.25) is 0 Å². The van der Waals surface area contributed by atoms with Crippen LogP contribution >= 0.6 is 11.6 Å². The van der Waals surface area contributed by atoms with E-state index < -0.39 is 0 Å². The highest BCUT2D eigenvalue weighted by atomic mass is 35.5. The summed E-state index contributed by atoms with van der Waals surface area (Å²) in [5, 5.41) is 0.568. The molecule has 128 valence electrons. The Bertz CT molecular complexity index is 984. The van der Waals surface area contributed by atoms with Crippen LogP contribution in [-0.2, 0) is 0 Å². The third kappa shape index (κ3) is 2.95. The van der Waals surface area contributed by atoms with Crippen molar-refractivity contribution in [2.24, 2.45) is 0 Å². The van der Waals surface area contributed by atoms with E-state index in [1.54, 1.807) is 0 Å². The molecule has 0 amide bonds. The molecule has 4 rings (SSSR count). The number of para-hydroxylation sites is 1. The van der Waals surface area contributed by atoms with Crippen LogP contribution in [0.1, 0.15) is 28.2 Å². The van der Waals surface area contributed by atoms with E-state index in [4.69, 9.17) is 16.3 Å². The third-order valence-electron chi connectivity index (χ3n) is 4.72. The average Bonchev–Trinajstić information content (AvgIpc) is 2.79. The predicted molar refractivity (Wildman–Crippen MR) is 108 cm³/mol. The van der Waals surface area contributed by atoms with Crippen molar-refractivity contribution in [2.45, 2.75) is 12.8 Å². The van der Waals surface area contributed by atoms with Gasteiger partial charge in [-0.3, -0.25) is 0 Å². The molecule has 3 aromatic carbocycles. The number of hydrogen-bond donors (Lipinski definition) is 0. The molecule has 1 atom stereocenters. The van der Waals surface area contributed by atoms with Gasteiger partial charge in [-0.1, -0.05) is 96.5 Å². The fourth-order valence-electron chi connectivity index (χ4n) is 3.34. The molecule has 0 radical (unpaired) electrons. The van der Waals surface area contributed by atoms with E-state index in [9.17, 15) is 0 Å². The van der Waals surface area contributed by atoms with Gasteiger partial charge in [-0.25, -0.2) is 0 Å². The maximum atomic E-state index is 6.79. The zero-order chi connectivity index (χ0) is 18.1. The lowest BCUT2D eigenvalue weighted by molar-refractivity contribution is 0.510. The van der Waals surface area contributed by atoms with Gasteiger partial charge in [0.05, 0.1) is 5.03 Å². The van der Waals surface area contributed by atoms with Gasteiger partial charge in [0.1, 0.15) is 5.75 Å². The Kier molecular flexibility index (Phi) is 4.40. The second-order valence-electron chi connectivity index (χ2n) is 6.52. The molecule has 0 unspecified atom stereocenters. The standard InChI is InChI=1S/C24H19ClO/c1-16-12-14-18(15-13-16)22-17(2)23(25)24(19-8-4-3-5-9-19)26-21-11-7-6-10-20(21)22/h3-15,22H,2H2,1H3/t22-/m0/s1. The van der Waals surface area contributed by atoms with Gasteiger partial charge in [0.15, 0.2) is 5.76 Å². The fraction of sp³-hybridized carbons (Fsp3) is 0.0833. The van der Waals surface area contributed by atoms with Crippen LogP contribution in [0.4, 0.5) is 0 Å². The number of halogens is 1. The van der Waals surface area contributed by atoms with E-state index in [1.165, 1.54) is 5.56 Å². The molecule has 0 spiro atoms. The lowest BCUT2D eigenvalue weighted by Crippen LogP contribution is -2.04. The zero-order valence-corrected chi connectivity index (χ0v) is 15.3. The number of fused-ring (bicyclic) bond motifs is 1. The Morgan fingerprint density at radius 2 is 1.50 bits per heavy atom. The molecule has 1 nitrogen and oxygen atoms in total. The minimum atomic E-state index is -0.0412. The lowest BCUT2D eigenvalue weighted by atomic mass is 9.84. The number of aryl methyl sites for hydroxylation is 1. The highest BCUT2D eigenvalue weighted by molar-refractivity contribution is 6.35. The summed E-state index contributed by atoms with van der Waals surface area (Å²) in [6.07, 6.45) is 0. The minimum absolute atomic E-state index is 0.0412. The molecule has 0 N–H and O–H groups in total. The van der Waals surface area contributed by atoms with Crippen LogP contribution in [0.25, 0.3) is 5.76 Å². The molecule has 2 heteroatoms. The quantitative estimate of drug-likeness (QED) is 0.496. The van der Waals surface area contributed by atoms with Crippen molar-refractivity contribution in [3.05, 3.63) is 118 Å². The van der Waals surface area contributed by atoms with Crippen LogP contribution in [0.3, 0.4) is 0 Å². The Hall–Kier alpha value is -2.77. The summed E-state index contributed by atoms with van der Waals surface area (Å²) in [7, 11) is 0. The molecule has 0 aliphatic carbocycles. The first kappa shape index (κ1) is 16.7. The summed E-state index contributed by atoms with van der Waals surface area (Å²) in [6.45, 7) is 6.43. The average molecular weight is 359 g/mol. The van der Waals surface area contributed by atoms with Crippen molar-refractivity contribution < 1.29 is 4.74 Å². The molecular formula is C24H19ClO. The lowest BCUT2D eigenvalue weighted by Gasteiger charge is -2.19. The van der Waals surface area contributed by atoms with Crippen LogP contribution in [0, 0.1) is 6.92 Å². The molecule has 0 saturated carbocycles. The summed E-state index contributed by atoms with van der Waals surface area (Å²) >= 11 is 6.79. The van der Waals surface area contributed by atoms with Crippen molar-refractivity contribution in [1.29, 1.82) is 0 Å². The Morgan fingerprint density at radius 1 is 0.846 bits per heavy atom. The van der Waals surface area contributed by atoms with Crippen LogP contribution in [-0.4, -0.2) is 0 Å². The van der Waals surface area contributed by atoms with Gasteiger partial charge >= 0.3 is 0 Å². The molecule has 0 fully saturated rings. The van der Waals surface area contributed by atoms with Gasteiger partial charge in [-0.05, 0) is 24.1 Å². The van der Waals surface area contributed by atoms with Crippen molar-refractivity contribution in [3.8, 4) is 5.75 Å². The molecule has 1 aliphatic rings. The SMILES string of the molecule is C=C1C(Cl)=C(c2ccccc2)Oc2ccccc2[C@@H]1c1ccc(C)cc1. The first-order valence-electron chi connectivity index (χ1n) is 8.63. The topological polar surface area (TPSA) is 9.23 Å². The maximum absolute atomic E-state index is 6.79. The Morgan fingerprint density at radius 3 is 2.23 bits per heavy atom. The summed E-state index contributed by atoms with van der Waals surface area (Å²) < 4.78 is 6.29. The van der Waals surface area contributed by atoms with Crippen LogP contribution < -0.4 is 4.74 Å². The fourth-order valence-corrected chi connectivity index (χ4v) is 3.60. The normalized spacial score (nSPS) is 16.7. The van der Waals surface area contributed by atoms with Crippen molar-refractivity contribution >= 4 is 17.4 Å². The first-order chi connectivity index (χ1) is 12.6. The number of benzene rings is 3. The summed E-state index contributed by atoms with van der Waals surface area (Å²) in [6, 6.07) is 26.5. The van der Waals surface area contributed by atoms with E-state index in [0.717, 1.165) is 28.0 Å². The molecule has 0 saturated heterocycles. The Balaban J connectivity index is 1.92. The molecule has 3 aromatic rings. The molecule has 0 bridgehead atoms. The van der Waals surface area contributed by atoms with E-state index in [0.29, 0.717) is 10.8 Å². The first-order valence-corrected chi connectivity index (χ1v) is 9.00. The molecule has 1 heterocycles. The van der Waals surface area contributed by atoms with Gasteiger partial charge in [0.25, 0.3) is 0 Å². The largest absolute Gasteiger partial charge is 0.455 e. The van der Waals surface area contributed by atoms with Crippen LogP contribution in [0.15, 0.2) is 96.0 Å². The number of allylic oxidation sites excluding steroid dienone is 2. The molecule has 26 heavy (non-hydrogen) atoms. The summed E-state index contributed by atoms with van der Waals surface area (Å²) in [5.41, 5.74) is 5.25. The van der Waals surface area contributed by atoms with E-state index in [1.807, 2.05) is 48.5 Å². The number of rotatable bonds is 2. The highest BCUT2D eigenvalue weighted by Crippen LogP contribution is 2.46. The van der Waals surface area contributed by atoms with Crippen molar-refractivity contribution in [1.82, 2.24) is 0 Å². The monoisotopic (exact) mass is 358 g/mol. The molecule has 1 aliphatic heterocycles. The molecular weight excluding hydrogens is 340 g/mol. The van der Waals surface area contributed by atoms with Gasteiger partial charge in [0.2, 0.25) is 0 Å². The van der Waals surface area contributed by atoms with Gasteiger partial charge in [-0.15, -0.1) is 0 Å². The highest BCUT2D eigenvalue weighted by Gasteiger charge is 2.29.